The van der Waals surface area contributed by atoms with Crippen molar-refractivity contribution >= 4 is 0 Å². The summed E-state index contributed by atoms with van der Waals surface area (Å²) in [5.74, 6) is 6.02. The van der Waals surface area contributed by atoms with Crippen LogP contribution in [0.25, 0.3) is 22.3 Å². The highest BCUT2D eigenvalue weighted by atomic mass is 19.1. The van der Waals surface area contributed by atoms with E-state index in [-0.39, 0.29) is 0 Å². The predicted molar refractivity (Wildman–Crippen MR) is 171 cm³/mol. The Morgan fingerprint density at radius 1 is 0.659 bits per heavy atom. The summed E-state index contributed by atoms with van der Waals surface area (Å²) in [4.78, 5) is 0. The van der Waals surface area contributed by atoms with E-state index in [0.717, 1.165) is 28.9 Å². The SMILES string of the molecule is CCCOc1ccc(C#Cc2cc(F)c(CCc3ccc(-c4ccc(-c5ccc(C)cc5)c(F)c4)c(F)c3)cc2OC)cc1. The fourth-order valence-corrected chi connectivity index (χ4v) is 4.92. The largest absolute Gasteiger partial charge is 0.495 e. The van der Waals surface area contributed by atoms with Crippen LogP contribution in [0.2, 0.25) is 0 Å². The van der Waals surface area contributed by atoms with Crippen molar-refractivity contribution in [2.24, 2.45) is 0 Å². The first-order valence-electron chi connectivity index (χ1n) is 14.6. The number of hydrogen-bond donors (Lipinski definition) is 0. The summed E-state index contributed by atoms with van der Waals surface area (Å²) in [6, 6.07) is 27.6. The van der Waals surface area contributed by atoms with Crippen LogP contribution in [0.1, 0.15) is 41.2 Å². The summed E-state index contributed by atoms with van der Waals surface area (Å²) in [5, 5.41) is 0. The molecule has 0 unspecified atom stereocenters. The van der Waals surface area contributed by atoms with Gasteiger partial charge in [-0.1, -0.05) is 72.9 Å². The van der Waals surface area contributed by atoms with Gasteiger partial charge in [-0.15, -0.1) is 0 Å². The van der Waals surface area contributed by atoms with Crippen molar-refractivity contribution in [2.75, 3.05) is 13.7 Å². The molecule has 5 aromatic carbocycles. The standard InChI is InChI=1S/C39H33F3O2/c1-4-21-44-33-17-9-27(10-18-33)7-15-32-24-36(40)31(25-39(32)43-3)14-8-28-11-19-35(37(41)22-28)30-16-20-34(38(42)23-30)29-12-5-26(2)6-13-29/h5-6,9-13,16-20,22-25H,4,8,14,21H2,1-3H3. The molecule has 222 valence electrons. The second kappa shape index (κ2) is 14.0. The van der Waals surface area contributed by atoms with Gasteiger partial charge in [-0.2, -0.15) is 0 Å². The highest BCUT2D eigenvalue weighted by molar-refractivity contribution is 5.71. The Kier molecular flexibility index (Phi) is 9.72. The molecule has 5 rings (SSSR count). The molecule has 0 saturated carbocycles. The van der Waals surface area contributed by atoms with E-state index >= 15 is 8.78 Å². The minimum absolute atomic E-state index is 0.307. The molecular weight excluding hydrogens is 557 g/mol. The lowest BCUT2D eigenvalue weighted by atomic mass is 9.96. The third-order valence-electron chi connectivity index (χ3n) is 7.40. The van der Waals surface area contributed by atoms with E-state index in [1.54, 1.807) is 30.3 Å². The Balaban J connectivity index is 1.27. The molecule has 5 heteroatoms. The van der Waals surface area contributed by atoms with Crippen LogP contribution in [0.4, 0.5) is 13.2 Å². The van der Waals surface area contributed by atoms with E-state index in [9.17, 15) is 4.39 Å². The first-order chi connectivity index (χ1) is 21.3. The van der Waals surface area contributed by atoms with Crippen molar-refractivity contribution in [2.45, 2.75) is 33.1 Å². The number of aryl methyl sites for hydroxylation is 3. The molecule has 0 bridgehead atoms. The smallest absolute Gasteiger partial charge is 0.134 e. The molecular formula is C39H33F3O2. The Bertz CT molecular complexity index is 1810. The minimum Gasteiger partial charge on any atom is -0.495 e. The van der Waals surface area contributed by atoms with Gasteiger partial charge in [0.15, 0.2) is 0 Å². The second-order valence-electron chi connectivity index (χ2n) is 10.6. The molecule has 0 aromatic heterocycles. The summed E-state index contributed by atoms with van der Waals surface area (Å²) in [7, 11) is 1.52. The van der Waals surface area contributed by atoms with Gasteiger partial charge in [0.25, 0.3) is 0 Å². The molecule has 0 radical (unpaired) electrons. The topological polar surface area (TPSA) is 18.5 Å². The Labute approximate surface area is 257 Å². The quantitative estimate of drug-likeness (QED) is 0.159. The molecule has 0 spiro atoms. The number of methoxy groups -OCH3 is 1. The third-order valence-corrected chi connectivity index (χ3v) is 7.40. The lowest BCUT2D eigenvalue weighted by Gasteiger charge is -2.11. The van der Waals surface area contributed by atoms with Crippen LogP contribution in [-0.4, -0.2) is 13.7 Å². The van der Waals surface area contributed by atoms with Crippen LogP contribution in [0, 0.1) is 36.2 Å². The highest BCUT2D eigenvalue weighted by Gasteiger charge is 2.13. The van der Waals surface area contributed by atoms with Crippen LogP contribution in [-0.2, 0) is 12.8 Å². The van der Waals surface area contributed by atoms with Crippen molar-refractivity contribution < 1.29 is 22.6 Å². The van der Waals surface area contributed by atoms with E-state index in [1.807, 2.05) is 62.4 Å². The Morgan fingerprint density at radius 2 is 1.34 bits per heavy atom. The van der Waals surface area contributed by atoms with Crippen LogP contribution in [0.5, 0.6) is 11.5 Å². The lowest BCUT2D eigenvalue weighted by Crippen LogP contribution is -1.99. The van der Waals surface area contributed by atoms with Crippen molar-refractivity contribution in [1.82, 2.24) is 0 Å². The molecule has 0 saturated heterocycles. The van der Waals surface area contributed by atoms with Gasteiger partial charge < -0.3 is 9.47 Å². The summed E-state index contributed by atoms with van der Waals surface area (Å²) in [5.41, 5.74) is 5.45. The van der Waals surface area contributed by atoms with E-state index in [1.165, 1.54) is 25.3 Å². The van der Waals surface area contributed by atoms with Crippen molar-refractivity contribution in [3.8, 4) is 45.6 Å². The Hall–Kier alpha value is -4.95. The predicted octanol–water partition coefficient (Wildman–Crippen LogP) is 9.73. The molecule has 0 amide bonds. The molecule has 0 aliphatic carbocycles. The summed E-state index contributed by atoms with van der Waals surface area (Å²) in [6.07, 6.45) is 1.68. The van der Waals surface area contributed by atoms with Gasteiger partial charge in [-0.3, -0.25) is 0 Å². The van der Waals surface area contributed by atoms with E-state index in [4.69, 9.17) is 9.47 Å². The summed E-state index contributed by atoms with van der Waals surface area (Å²) >= 11 is 0. The maximum absolute atomic E-state index is 15.2. The molecule has 0 fully saturated rings. The number of rotatable bonds is 9. The normalized spacial score (nSPS) is 10.7. The van der Waals surface area contributed by atoms with Gasteiger partial charge in [0, 0.05) is 16.7 Å². The fourth-order valence-electron chi connectivity index (χ4n) is 4.92. The van der Waals surface area contributed by atoms with E-state index in [2.05, 4.69) is 11.8 Å². The number of ether oxygens (including phenoxy) is 2. The van der Waals surface area contributed by atoms with Crippen LogP contribution in [0.3, 0.4) is 0 Å². The molecule has 0 atom stereocenters. The zero-order chi connectivity index (χ0) is 31.1. The van der Waals surface area contributed by atoms with Crippen molar-refractivity contribution in [1.29, 1.82) is 0 Å². The maximum Gasteiger partial charge on any atom is 0.134 e. The molecule has 0 heterocycles. The monoisotopic (exact) mass is 590 g/mol. The van der Waals surface area contributed by atoms with Gasteiger partial charge in [-0.05, 0) is 97.0 Å². The molecule has 2 nitrogen and oxygen atoms in total. The average Bonchev–Trinajstić information content (AvgIpc) is 3.03. The van der Waals surface area contributed by atoms with Gasteiger partial charge in [0.05, 0.1) is 19.3 Å². The number of benzene rings is 5. The maximum atomic E-state index is 15.2. The molecule has 0 aliphatic heterocycles. The van der Waals surface area contributed by atoms with Crippen molar-refractivity contribution in [3.05, 3.63) is 142 Å². The molecule has 0 aliphatic rings. The summed E-state index contributed by atoms with van der Waals surface area (Å²) in [6.45, 7) is 4.67. The highest BCUT2D eigenvalue weighted by Crippen LogP contribution is 2.31. The van der Waals surface area contributed by atoms with Crippen LogP contribution in [0.15, 0.2) is 97.1 Å². The minimum atomic E-state index is -0.460. The summed E-state index contributed by atoms with van der Waals surface area (Å²) < 4.78 is 56.3. The van der Waals surface area contributed by atoms with Gasteiger partial charge in [0.1, 0.15) is 29.0 Å². The van der Waals surface area contributed by atoms with E-state index < -0.39 is 17.5 Å². The molecule has 44 heavy (non-hydrogen) atoms. The number of halogens is 3. The van der Waals surface area contributed by atoms with Crippen LogP contribution < -0.4 is 9.47 Å². The van der Waals surface area contributed by atoms with Gasteiger partial charge in [-0.25, -0.2) is 13.2 Å². The average molecular weight is 591 g/mol. The Morgan fingerprint density at radius 3 is 2.02 bits per heavy atom. The second-order valence-corrected chi connectivity index (χ2v) is 10.6. The van der Waals surface area contributed by atoms with E-state index in [0.29, 0.717) is 58.6 Å². The zero-order valence-corrected chi connectivity index (χ0v) is 25.0. The van der Waals surface area contributed by atoms with Gasteiger partial charge in [0.2, 0.25) is 0 Å². The first kappa shape index (κ1) is 30.5. The lowest BCUT2D eigenvalue weighted by molar-refractivity contribution is 0.317. The first-order valence-corrected chi connectivity index (χ1v) is 14.6. The zero-order valence-electron chi connectivity index (χ0n) is 25.0. The molecule has 5 aromatic rings. The van der Waals surface area contributed by atoms with Crippen molar-refractivity contribution in [3.63, 3.8) is 0 Å². The van der Waals surface area contributed by atoms with Crippen LogP contribution >= 0.6 is 0 Å². The third kappa shape index (κ3) is 7.33. The molecule has 0 N–H and O–H groups in total. The number of hydrogen-bond acceptors (Lipinski definition) is 2. The van der Waals surface area contributed by atoms with Gasteiger partial charge >= 0.3 is 0 Å². The fraction of sp³-hybridized carbons (Fsp3) is 0.179.